The molecule has 0 bridgehead atoms. The number of halogens is 3. The summed E-state index contributed by atoms with van der Waals surface area (Å²) in [6.07, 6.45) is -4.39. The molecular weight excluding hydrogens is 315 g/mol. The summed E-state index contributed by atoms with van der Waals surface area (Å²) in [4.78, 5) is 22.9. The van der Waals surface area contributed by atoms with Gasteiger partial charge in [-0.15, -0.1) is 0 Å². The van der Waals surface area contributed by atoms with E-state index in [1.54, 1.807) is 19.1 Å². The summed E-state index contributed by atoms with van der Waals surface area (Å²) in [6, 6.07) is 4.55. The molecule has 1 aromatic rings. The van der Waals surface area contributed by atoms with Crippen molar-refractivity contribution in [3.05, 3.63) is 29.8 Å². The molecule has 6 nitrogen and oxygen atoms in total. The lowest BCUT2D eigenvalue weighted by atomic mass is 10.1. The average molecular weight is 331 g/mol. The molecule has 23 heavy (non-hydrogen) atoms. The van der Waals surface area contributed by atoms with E-state index in [2.05, 4.69) is 20.7 Å². The number of benzene rings is 1. The van der Waals surface area contributed by atoms with Gasteiger partial charge in [0.2, 0.25) is 5.91 Å². The van der Waals surface area contributed by atoms with Gasteiger partial charge in [-0.25, -0.2) is 4.79 Å². The number of rotatable bonds is 5. The van der Waals surface area contributed by atoms with Crippen molar-refractivity contribution in [1.29, 1.82) is 0 Å². The number of hydrogen-bond acceptors (Lipinski definition) is 3. The Balaban J connectivity index is 1.88. The van der Waals surface area contributed by atoms with E-state index in [1.165, 1.54) is 12.1 Å². The lowest BCUT2D eigenvalue weighted by Gasteiger charge is -2.17. The molecule has 1 aliphatic rings. The van der Waals surface area contributed by atoms with Crippen LogP contribution in [0.4, 0.5) is 18.0 Å². The number of carbonyl (C=O) groups excluding carboxylic acids is 2. The third-order valence-electron chi connectivity index (χ3n) is 3.23. The molecule has 9 heteroatoms. The summed E-state index contributed by atoms with van der Waals surface area (Å²) in [7, 11) is 0. The fraction of sp³-hybridized carbons (Fsp3) is 0.429. The average Bonchev–Trinajstić information content (AvgIpc) is 2.91. The quantitative estimate of drug-likeness (QED) is 0.765. The fourth-order valence-corrected chi connectivity index (χ4v) is 2.03. The first-order valence-electron chi connectivity index (χ1n) is 6.89. The minimum atomic E-state index is -4.39. The molecule has 1 fully saturated rings. The lowest BCUT2D eigenvalue weighted by molar-refractivity contribution is -0.153. The zero-order valence-corrected chi connectivity index (χ0v) is 12.2. The van der Waals surface area contributed by atoms with Gasteiger partial charge in [-0.1, -0.05) is 12.1 Å². The number of amides is 3. The van der Waals surface area contributed by atoms with Crippen LogP contribution in [0.25, 0.3) is 0 Å². The van der Waals surface area contributed by atoms with Gasteiger partial charge in [0, 0.05) is 6.54 Å². The van der Waals surface area contributed by atoms with E-state index in [9.17, 15) is 22.8 Å². The van der Waals surface area contributed by atoms with Gasteiger partial charge in [-0.3, -0.25) is 4.79 Å². The van der Waals surface area contributed by atoms with Crippen LogP contribution in [0.2, 0.25) is 0 Å². The van der Waals surface area contributed by atoms with Crippen molar-refractivity contribution in [2.24, 2.45) is 0 Å². The van der Waals surface area contributed by atoms with Crippen LogP contribution >= 0.6 is 0 Å². The van der Waals surface area contributed by atoms with Crippen molar-refractivity contribution >= 4 is 11.9 Å². The molecule has 2 atom stereocenters. The van der Waals surface area contributed by atoms with Gasteiger partial charge < -0.3 is 20.7 Å². The molecule has 1 aromatic carbocycles. The highest BCUT2D eigenvalue weighted by molar-refractivity contribution is 5.90. The molecule has 0 radical (unpaired) electrons. The van der Waals surface area contributed by atoms with Gasteiger partial charge >= 0.3 is 12.2 Å². The molecule has 1 saturated heterocycles. The van der Waals surface area contributed by atoms with E-state index in [1.807, 2.05) is 0 Å². The van der Waals surface area contributed by atoms with Crippen LogP contribution in [0.15, 0.2) is 24.3 Å². The van der Waals surface area contributed by atoms with Crippen LogP contribution in [-0.2, 0) is 4.79 Å². The lowest BCUT2D eigenvalue weighted by Crippen LogP contribution is -2.43. The van der Waals surface area contributed by atoms with Crippen molar-refractivity contribution in [3.63, 3.8) is 0 Å². The highest BCUT2D eigenvalue weighted by Crippen LogP contribution is 2.21. The van der Waals surface area contributed by atoms with Gasteiger partial charge in [-0.2, -0.15) is 13.2 Å². The van der Waals surface area contributed by atoms with Crippen molar-refractivity contribution in [2.75, 3.05) is 13.2 Å². The second-order valence-electron chi connectivity index (χ2n) is 5.11. The number of ether oxygens (including phenoxy) is 1. The second kappa shape index (κ2) is 6.76. The molecule has 0 spiro atoms. The first-order valence-corrected chi connectivity index (χ1v) is 6.89. The molecule has 0 saturated carbocycles. The van der Waals surface area contributed by atoms with Crippen LogP contribution < -0.4 is 20.7 Å². The highest BCUT2D eigenvalue weighted by atomic mass is 19.4. The number of carbonyl (C=O) groups is 2. The van der Waals surface area contributed by atoms with Gasteiger partial charge in [0.15, 0.2) is 6.61 Å². The standard InChI is InChI=1S/C14H16F3N3O3/c1-8(19-12(21)11-6-18-13(22)20-11)9-2-4-10(5-3-9)23-7-14(15,16)17/h2-5,8,11H,6-7H2,1H3,(H,19,21)(H2,18,20,22)/t8-,11-/m1/s1. The van der Waals surface area contributed by atoms with Crippen LogP contribution in [0.5, 0.6) is 5.75 Å². The van der Waals surface area contributed by atoms with Gasteiger partial charge in [0.05, 0.1) is 6.04 Å². The monoisotopic (exact) mass is 331 g/mol. The summed E-state index contributed by atoms with van der Waals surface area (Å²) >= 11 is 0. The molecule has 0 unspecified atom stereocenters. The molecular formula is C14H16F3N3O3. The molecule has 3 amide bonds. The molecule has 1 aliphatic heterocycles. The van der Waals surface area contributed by atoms with Gasteiger partial charge in [0.25, 0.3) is 0 Å². The van der Waals surface area contributed by atoms with E-state index in [-0.39, 0.29) is 24.2 Å². The molecule has 0 aromatic heterocycles. The molecule has 3 N–H and O–H groups in total. The number of alkyl halides is 3. The Labute approximate surface area is 130 Å². The van der Waals surface area contributed by atoms with Crippen molar-refractivity contribution in [1.82, 2.24) is 16.0 Å². The Morgan fingerprint density at radius 3 is 2.57 bits per heavy atom. The Kier molecular flexibility index (Phi) is 4.97. The summed E-state index contributed by atoms with van der Waals surface area (Å²) in [6.45, 7) is 0.586. The third-order valence-corrected chi connectivity index (χ3v) is 3.23. The van der Waals surface area contributed by atoms with Gasteiger partial charge in [0.1, 0.15) is 11.8 Å². The number of urea groups is 1. The predicted molar refractivity (Wildman–Crippen MR) is 74.9 cm³/mol. The Bertz CT molecular complexity index is 575. The van der Waals surface area contributed by atoms with E-state index >= 15 is 0 Å². The summed E-state index contributed by atoms with van der Waals surface area (Å²) in [5.41, 5.74) is 0.704. The Morgan fingerprint density at radius 1 is 1.39 bits per heavy atom. The molecule has 0 aliphatic carbocycles. The smallest absolute Gasteiger partial charge is 0.422 e. The maximum Gasteiger partial charge on any atom is 0.422 e. The largest absolute Gasteiger partial charge is 0.484 e. The third kappa shape index (κ3) is 5.04. The van der Waals surface area contributed by atoms with E-state index in [4.69, 9.17) is 0 Å². The number of nitrogens with one attached hydrogen (secondary N) is 3. The van der Waals surface area contributed by atoms with Gasteiger partial charge in [-0.05, 0) is 24.6 Å². The second-order valence-corrected chi connectivity index (χ2v) is 5.11. The van der Waals surface area contributed by atoms with Crippen molar-refractivity contribution in [3.8, 4) is 5.75 Å². The summed E-state index contributed by atoms with van der Waals surface area (Å²) in [5.74, 6) is -0.245. The fourth-order valence-electron chi connectivity index (χ4n) is 2.03. The van der Waals surface area contributed by atoms with Crippen LogP contribution in [0, 0.1) is 0 Å². The zero-order valence-electron chi connectivity index (χ0n) is 12.2. The SMILES string of the molecule is C[C@@H](NC(=O)[C@H]1CNC(=O)N1)c1ccc(OCC(F)(F)F)cc1. The first kappa shape index (κ1) is 16.9. The molecule has 126 valence electrons. The maximum absolute atomic E-state index is 12.1. The van der Waals surface area contributed by atoms with Crippen molar-refractivity contribution < 1.29 is 27.5 Å². The van der Waals surface area contributed by atoms with E-state index in [0.717, 1.165) is 0 Å². The zero-order chi connectivity index (χ0) is 17.0. The minimum Gasteiger partial charge on any atom is -0.484 e. The summed E-state index contributed by atoms with van der Waals surface area (Å²) in [5, 5.41) is 7.66. The Hall–Kier alpha value is -2.45. The van der Waals surface area contributed by atoms with Crippen LogP contribution in [0.1, 0.15) is 18.5 Å². The molecule has 2 rings (SSSR count). The van der Waals surface area contributed by atoms with E-state index < -0.39 is 24.9 Å². The predicted octanol–water partition coefficient (Wildman–Crippen LogP) is 1.49. The van der Waals surface area contributed by atoms with Crippen LogP contribution in [0.3, 0.4) is 0 Å². The number of hydrogen-bond donors (Lipinski definition) is 3. The van der Waals surface area contributed by atoms with Crippen LogP contribution in [-0.4, -0.2) is 37.3 Å². The topological polar surface area (TPSA) is 79.5 Å². The Morgan fingerprint density at radius 2 is 2.04 bits per heavy atom. The summed E-state index contributed by atoms with van der Waals surface area (Å²) < 4.78 is 40.8. The van der Waals surface area contributed by atoms with Crippen molar-refractivity contribution in [2.45, 2.75) is 25.2 Å². The molecule has 1 heterocycles. The maximum atomic E-state index is 12.1. The highest BCUT2D eigenvalue weighted by Gasteiger charge is 2.29. The van der Waals surface area contributed by atoms with E-state index in [0.29, 0.717) is 5.56 Å². The normalized spacial score (nSPS) is 18.8. The minimum absolute atomic E-state index is 0.0943. The first-order chi connectivity index (χ1) is 10.7.